The Balaban J connectivity index is 1.88. The molecule has 0 saturated carbocycles. The normalized spacial score (nSPS) is 10.8. The molecule has 1 amide bonds. The Morgan fingerprint density at radius 3 is 2.48 bits per heavy atom. The molecule has 0 radical (unpaired) electrons. The van der Waals surface area contributed by atoms with Gasteiger partial charge in [0.05, 0.1) is 12.2 Å². The minimum atomic E-state index is -0.440. The monoisotopic (exact) mass is 407 g/mol. The largest absolute Gasteiger partial charge is 0.460 e. The molecule has 0 aliphatic carbocycles. The van der Waals surface area contributed by atoms with Crippen LogP contribution < -0.4 is 5.32 Å². The van der Waals surface area contributed by atoms with Crippen molar-refractivity contribution in [1.82, 2.24) is 0 Å². The Hall–Kier alpha value is -2.34. The van der Waals surface area contributed by atoms with E-state index in [4.69, 9.17) is 32.7 Å². The molecular weight excluding hydrogens is 389 g/mol. The highest BCUT2D eigenvalue weighted by Gasteiger charge is 2.07. The number of esters is 1. The summed E-state index contributed by atoms with van der Waals surface area (Å²) in [5, 5.41) is 3.69. The molecule has 5 nitrogen and oxygen atoms in total. The van der Waals surface area contributed by atoms with Crippen LogP contribution in [0.5, 0.6) is 0 Å². The van der Waals surface area contributed by atoms with E-state index in [2.05, 4.69) is 5.32 Å². The van der Waals surface area contributed by atoms with Crippen molar-refractivity contribution in [2.45, 2.75) is 6.92 Å². The summed E-state index contributed by atoms with van der Waals surface area (Å²) in [7, 11) is 0. The smallest absolute Gasteiger partial charge is 0.338 e. The minimum Gasteiger partial charge on any atom is -0.460 e. The molecule has 0 saturated heterocycles. The predicted molar refractivity (Wildman–Crippen MR) is 107 cm³/mol. The Morgan fingerprint density at radius 1 is 1.07 bits per heavy atom. The van der Waals surface area contributed by atoms with Gasteiger partial charge in [0, 0.05) is 28.4 Å². The van der Waals surface area contributed by atoms with E-state index in [0.717, 1.165) is 0 Å². The van der Waals surface area contributed by atoms with Gasteiger partial charge < -0.3 is 14.8 Å². The van der Waals surface area contributed by atoms with Crippen LogP contribution in [0, 0.1) is 0 Å². The van der Waals surface area contributed by atoms with Crippen molar-refractivity contribution in [2.24, 2.45) is 0 Å². The molecule has 142 valence electrons. The second kappa shape index (κ2) is 10.7. The second-order valence-corrected chi connectivity index (χ2v) is 6.24. The molecule has 0 aromatic heterocycles. The van der Waals surface area contributed by atoms with Crippen molar-refractivity contribution >= 4 is 46.8 Å². The number of carbonyl (C=O) groups is 2. The van der Waals surface area contributed by atoms with Crippen LogP contribution in [0.3, 0.4) is 0 Å². The first kappa shape index (κ1) is 21.0. The second-order valence-electron chi connectivity index (χ2n) is 5.40. The molecule has 0 aliphatic rings. The quantitative estimate of drug-likeness (QED) is 0.386. The maximum Gasteiger partial charge on any atom is 0.338 e. The van der Waals surface area contributed by atoms with Crippen molar-refractivity contribution in [2.75, 3.05) is 25.1 Å². The number of nitrogens with one attached hydrogen (secondary N) is 1. The summed E-state index contributed by atoms with van der Waals surface area (Å²) >= 11 is 11.9. The first-order chi connectivity index (χ1) is 13.0. The Kier molecular flexibility index (Phi) is 8.33. The third-order valence-corrected chi connectivity index (χ3v) is 3.99. The van der Waals surface area contributed by atoms with Crippen LogP contribution in [0.1, 0.15) is 22.8 Å². The molecule has 0 aliphatic heterocycles. The number of ether oxygens (including phenoxy) is 2. The number of hydrogen-bond acceptors (Lipinski definition) is 4. The van der Waals surface area contributed by atoms with E-state index in [1.165, 1.54) is 6.08 Å². The number of amides is 1. The molecule has 2 aromatic carbocycles. The summed E-state index contributed by atoms with van der Waals surface area (Å²) in [6, 6.07) is 11.4. The van der Waals surface area contributed by atoms with Gasteiger partial charge in [-0.1, -0.05) is 29.3 Å². The molecule has 7 heteroatoms. The zero-order valence-electron chi connectivity index (χ0n) is 14.7. The van der Waals surface area contributed by atoms with Gasteiger partial charge in [0.15, 0.2) is 0 Å². The van der Waals surface area contributed by atoms with Crippen molar-refractivity contribution in [1.29, 1.82) is 0 Å². The van der Waals surface area contributed by atoms with Crippen LogP contribution in [-0.4, -0.2) is 31.7 Å². The highest BCUT2D eigenvalue weighted by Crippen LogP contribution is 2.22. The molecule has 0 spiro atoms. The van der Waals surface area contributed by atoms with Crippen molar-refractivity contribution < 1.29 is 19.1 Å². The van der Waals surface area contributed by atoms with Gasteiger partial charge in [-0.3, -0.25) is 4.79 Å². The average molecular weight is 408 g/mol. The van der Waals surface area contributed by atoms with E-state index in [1.54, 1.807) is 48.5 Å². The molecular formula is C20H19Cl2NO4. The van der Waals surface area contributed by atoms with Crippen LogP contribution in [0.25, 0.3) is 6.08 Å². The molecule has 0 atom stereocenters. The zero-order chi connectivity index (χ0) is 19.6. The highest BCUT2D eigenvalue weighted by molar-refractivity contribution is 6.35. The van der Waals surface area contributed by atoms with Gasteiger partial charge in [0.2, 0.25) is 5.91 Å². The standard InChI is InChI=1S/C20H19Cl2NO4/c1-2-26-11-12-27-20(25)15-4-8-17(9-5-15)23-19(24)10-6-14-3-7-16(21)13-18(14)22/h3-10,13H,2,11-12H2,1H3,(H,23,24)/b10-6+. The first-order valence-corrected chi connectivity index (χ1v) is 9.04. The molecule has 1 N–H and O–H groups in total. The fourth-order valence-electron chi connectivity index (χ4n) is 2.10. The third-order valence-electron chi connectivity index (χ3n) is 3.43. The number of anilines is 1. The summed E-state index contributed by atoms with van der Waals surface area (Å²) in [4.78, 5) is 23.9. The number of hydrogen-bond donors (Lipinski definition) is 1. The first-order valence-electron chi connectivity index (χ1n) is 8.28. The summed E-state index contributed by atoms with van der Waals surface area (Å²) in [6.45, 7) is 3.00. The van der Waals surface area contributed by atoms with Crippen molar-refractivity contribution in [3.8, 4) is 0 Å². The van der Waals surface area contributed by atoms with Gasteiger partial charge >= 0.3 is 5.97 Å². The fourth-order valence-corrected chi connectivity index (χ4v) is 2.57. The number of benzene rings is 2. The Morgan fingerprint density at radius 2 is 1.81 bits per heavy atom. The van der Waals surface area contributed by atoms with Gasteiger partial charge in [0.25, 0.3) is 0 Å². The summed E-state index contributed by atoms with van der Waals surface area (Å²) < 4.78 is 10.2. The molecule has 27 heavy (non-hydrogen) atoms. The topological polar surface area (TPSA) is 64.6 Å². The number of rotatable bonds is 8. The molecule has 0 heterocycles. The van der Waals surface area contributed by atoms with E-state index in [9.17, 15) is 9.59 Å². The lowest BCUT2D eigenvalue weighted by Gasteiger charge is -2.06. The van der Waals surface area contributed by atoms with Gasteiger partial charge in [-0.25, -0.2) is 4.79 Å². The summed E-state index contributed by atoms with van der Waals surface area (Å²) in [5.41, 5.74) is 1.63. The molecule has 0 fully saturated rings. The van der Waals surface area contributed by atoms with Crippen molar-refractivity contribution in [3.63, 3.8) is 0 Å². The number of halogens is 2. The molecule has 0 bridgehead atoms. The number of carbonyl (C=O) groups excluding carboxylic acids is 2. The van der Waals surface area contributed by atoms with Gasteiger partial charge in [-0.15, -0.1) is 0 Å². The van der Waals surface area contributed by atoms with Gasteiger partial charge in [-0.05, 0) is 55.0 Å². The molecule has 0 unspecified atom stereocenters. The lowest BCUT2D eigenvalue weighted by atomic mass is 10.2. The lowest BCUT2D eigenvalue weighted by Crippen LogP contribution is -2.11. The van der Waals surface area contributed by atoms with Gasteiger partial charge in [0.1, 0.15) is 6.61 Å². The average Bonchev–Trinajstić information content (AvgIpc) is 2.65. The summed E-state index contributed by atoms with van der Waals surface area (Å²) in [5.74, 6) is -0.766. The molecule has 2 aromatic rings. The maximum atomic E-state index is 12.0. The van der Waals surface area contributed by atoms with Gasteiger partial charge in [-0.2, -0.15) is 0 Å². The van der Waals surface area contributed by atoms with Crippen LogP contribution in [0.2, 0.25) is 10.0 Å². The van der Waals surface area contributed by atoms with E-state index in [0.29, 0.717) is 40.1 Å². The Labute approximate surface area is 167 Å². The van der Waals surface area contributed by atoms with Crippen LogP contribution in [0.15, 0.2) is 48.5 Å². The Bertz CT molecular complexity index is 819. The maximum absolute atomic E-state index is 12.0. The summed E-state index contributed by atoms with van der Waals surface area (Å²) in [6.07, 6.45) is 2.96. The minimum absolute atomic E-state index is 0.198. The fraction of sp³-hybridized carbons (Fsp3) is 0.200. The van der Waals surface area contributed by atoms with E-state index >= 15 is 0 Å². The predicted octanol–water partition coefficient (Wildman–Crippen LogP) is 4.84. The van der Waals surface area contributed by atoms with Crippen LogP contribution in [0.4, 0.5) is 5.69 Å². The van der Waals surface area contributed by atoms with Crippen LogP contribution >= 0.6 is 23.2 Å². The SMILES string of the molecule is CCOCCOC(=O)c1ccc(NC(=O)/C=C/c2ccc(Cl)cc2Cl)cc1. The van der Waals surface area contributed by atoms with E-state index in [-0.39, 0.29) is 12.5 Å². The highest BCUT2D eigenvalue weighted by atomic mass is 35.5. The third kappa shape index (κ3) is 7.06. The lowest BCUT2D eigenvalue weighted by molar-refractivity contribution is -0.111. The van der Waals surface area contributed by atoms with E-state index in [1.807, 2.05) is 6.92 Å². The van der Waals surface area contributed by atoms with Crippen LogP contribution in [-0.2, 0) is 14.3 Å². The zero-order valence-corrected chi connectivity index (χ0v) is 16.2. The van der Waals surface area contributed by atoms with E-state index < -0.39 is 5.97 Å². The van der Waals surface area contributed by atoms with Crippen molar-refractivity contribution in [3.05, 3.63) is 69.7 Å². The molecule has 2 rings (SSSR count).